The topological polar surface area (TPSA) is 38.7 Å². The predicted molar refractivity (Wildman–Crippen MR) is 61.8 cm³/mol. The fourth-order valence-electron chi connectivity index (χ4n) is 1.23. The highest BCUT2D eigenvalue weighted by molar-refractivity contribution is 4.41. The Balaban J connectivity index is 2.92. The molecule has 0 amide bonds. The van der Waals surface area contributed by atoms with E-state index in [1.54, 1.807) is 0 Å². The minimum absolute atomic E-state index is 0.587. The van der Waals surface area contributed by atoms with Crippen LogP contribution in [0.5, 0.6) is 0 Å². The summed E-state index contributed by atoms with van der Waals surface area (Å²) < 4.78 is 10.5. The van der Waals surface area contributed by atoms with Crippen molar-refractivity contribution in [2.45, 2.75) is 58.7 Å². The molecule has 0 radical (unpaired) electrons. The molecular weight excluding hydrogens is 192 g/mol. The number of rotatable bonds is 11. The maximum absolute atomic E-state index is 9.09. The van der Waals surface area contributed by atoms with E-state index in [0.29, 0.717) is 13.0 Å². The summed E-state index contributed by atoms with van der Waals surface area (Å²) in [4.78, 5) is 0. The fraction of sp³-hybridized carbons (Fsp3) is 1.00. The molecule has 0 fully saturated rings. The molecule has 0 aliphatic rings. The lowest BCUT2D eigenvalue weighted by atomic mass is 10.2. The average molecular weight is 218 g/mol. The molecule has 0 saturated carbocycles. The van der Waals surface area contributed by atoms with Gasteiger partial charge in [0.25, 0.3) is 0 Å². The van der Waals surface area contributed by atoms with Crippen LogP contribution in [0, 0.1) is 0 Å². The molecule has 0 aromatic heterocycles. The van der Waals surface area contributed by atoms with Crippen molar-refractivity contribution < 1.29 is 14.6 Å². The zero-order chi connectivity index (χ0) is 11.4. The van der Waals surface area contributed by atoms with Gasteiger partial charge in [-0.15, -0.1) is 0 Å². The first kappa shape index (κ1) is 14.9. The van der Waals surface area contributed by atoms with Gasteiger partial charge in [0.05, 0.1) is 6.61 Å². The van der Waals surface area contributed by atoms with E-state index < -0.39 is 6.29 Å². The van der Waals surface area contributed by atoms with E-state index >= 15 is 0 Å². The van der Waals surface area contributed by atoms with Crippen LogP contribution >= 0.6 is 0 Å². The quantitative estimate of drug-likeness (QED) is 0.428. The summed E-state index contributed by atoms with van der Waals surface area (Å²) in [6.45, 7) is 6.29. The molecule has 0 saturated heterocycles. The Labute approximate surface area is 93.8 Å². The molecule has 3 heteroatoms. The van der Waals surface area contributed by atoms with Gasteiger partial charge in [-0.3, -0.25) is 0 Å². The van der Waals surface area contributed by atoms with Crippen LogP contribution in [0.3, 0.4) is 0 Å². The minimum atomic E-state index is -0.602. The van der Waals surface area contributed by atoms with Crippen LogP contribution < -0.4 is 0 Å². The standard InChI is InChI=1S/C12H26O3/c1-3-5-6-7-9-14-10-8-11-15-12(13)4-2/h12-13H,3-11H2,1-2H3. The number of ether oxygens (including phenoxy) is 2. The molecule has 1 unspecified atom stereocenters. The predicted octanol–water partition coefficient (Wildman–Crippen LogP) is 2.72. The molecule has 1 atom stereocenters. The van der Waals surface area contributed by atoms with Crippen molar-refractivity contribution in [2.75, 3.05) is 19.8 Å². The SMILES string of the molecule is CCCCCCOCCCOC(O)CC. The highest BCUT2D eigenvalue weighted by Gasteiger charge is 1.98. The second-order valence-electron chi connectivity index (χ2n) is 3.76. The normalized spacial score (nSPS) is 13.0. The molecule has 0 spiro atoms. The van der Waals surface area contributed by atoms with Crippen LogP contribution in [0.25, 0.3) is 0 Å². The Hall–Kier alpha value is -0.120. The smallest absolute Gasteiger partial charge is 0.154 e. The summed E-state index contributed by atoms with van der Waals surface area (Å²) in [6, 6.07) is 0. The van der Waals surface area contributed by atoms with Crippen molar-refractivity contribution in [3.8, 4) is 0 Å². The molecule has 15 heavy (non-hydrogen) atoms. The van der Waals surface area contributed by atoms with E-state index in [9.17, 15) is 0 Å². The van der Waals surface area contributed by atoms with Crippen LogP contribution in [0.2, 0.25) is 0 Å². The second kappa shape index (κ2) is 12.0. The molecule has 0 aliphatic heterocycles. The van der Waals surface area contributed by atoms with Gasteiger partial charge in [0.1, 0.15) is 0 Å². The van der Waals surface area contributed by atoms with Gasteiger partial charge in [-0.2, -0.15) is 0 Å². The highest BCUT2D eigenvalue weighted by atomic mass is 16.6. The van der Waals surface area contributed by atoms with Gasteiger partial charge in [-0.1, -0.05) is 33.1 Å². The summed E-state index contributed by atoms with van der Waals surface area (Å²) in [6.07, 6.45) is 5.91. The van der Waals surface area contributed by atoms with Crippen LogP contribution in [-0.2, 0) is 9.47 Å². The Morgan fingerprint density at radius 1 is 0.933 bits per heavy atom. The Morgan fingerprint density at radius 2 is 1.67 bits per heavy atom. The van der Waals surface area contributed by atoms with Gasteiger partial charge in [-0.25, -0.2) is 0 Å². The number of aliphatic hydroxyl groups excluding tert-OH is 1. The lowest BCUT2D eigenvalue weighted by molar-refractivity contribution is -0.104. The molecular formula is C12H26O3. The zero-order valence-electron chi connectivity index (χ0n) is 10.2. The summed E-state index contributed by atoms with van der Waals surface area (Å²) in [5.74, 6) is 0. The first-order valence-corrected chi connectivity index (χ1v) is 6.18. The van der Waals surface area contributed by atoms with Gasteiger partial charge in [0.2, 0.25) is 0 Å². The van der Waals surface area contributed by atoms with Gasteiger partial charge < -0.3 is 14.6 Å². The van der Waals surface area contributed by atoms with E-state index in [2.05, 4.69) is 6.92 Å². The largest absolute Gasteiger partial charge is 0.381 e. The summed E-state index contributed by atoms with van der Waals surface area (Å²) in [5.41, 5.74) is 0. The van der Waals surface area contributed by atoms with Crippen LogP contribution in [0.15, 0.2) is 0 Å². The van der Waals surface area contributed by atoms with E-state index in [-0.39, 0.29) is 0 Å². The molecule has 0 bridgehead atoms. The third-order valence-electron chi connectivity index (χ3n) is 2.23. The average Bonchev–Trinajstić information content (AvgIpc) is 2.26. The summed E-state index contributed by atoms with van der Waals surface area (Å²) in [7, 11) is 0. The van der Waals surface area contributed by atoms with E-state index in [0.717, 1.165) is 26.1 Å². The van der Waals surface area contributed by atoms with Gasteiger partial charge in [0.15, 0.2) is 6.29 Å². The molecule has 92 valence electrons. The van der Waals surface area contributed by atoms with Crippen LogP contribution in [-0.4, -0.2) is 31.2 Å². The molecule has 0 heterocycles. The fourth-order valence-corrected chi connectivity index (χ4v) is 1.23. The Bertz CT molecular complexity index is 117. The van der Waals surface area contributed by atoms with Crippen molar-refractivity contribution in [1.29, 1.82) is 0 Å². The van der Waals surface area contributed by atoms with Gasteiger partial charge >= 0.3 is 0 Å². The Kier molecular flexibility index (Phi) is 11.9. The maximum Gasteiger partial charge on any atom is 0.154 e. The first-order valence-electron chi connectivity index (χ1n) is 6.18. The van der Waals surface area contributed by atoms with Gasteiger partial charge in [0, 0.05) is 13.2 Å². The molecule has 1 N–H and O–H groups in total. The molecule has 0 aromatic rings. The number of aliphatic hydroxyl groups is 1. The van der Waals surface area contributed by atoms with Gasteiger partial charge in [-0.05, 0) is 19.3 Å². The van der Waals surface area contributed by atoms with Crippen LogP contribution in [0.1, 0.15) is 52.4 Å². The molecule has 0 rings (SSSR count). The third-order valence-corrected chi connectivity index (χ3v) is 2.23. The first-order chi connectivity index (χ1) is 7.31. The van der Waals surface area contributed by atoms with Crippen molar-refractivity contribution in [2.24, 2.45) is 0 Å². The molecule has 0 aliphatic carbocycles. The number of unbranched alkanes of at least 4 members (excludes halogenated alkanes) is 3. The van der Waals surface area contributed by atoms with Crippen molar-refractivity contribution in [3.63, 3.8) is 0 Å². The molecule has 3 nitrogen and oxygen atoms in total. The molecule has 0 aromatic carbocycles. The summed E-state index contributed by atoms with van der Waals surface area (Å²) in [5, 5.41) is 9.09. The van der Waals surface area contributed by atoms with Crippen LogP contribution in [0.4, 0.5) is 0 Å². The zero-order valence-corrected chi connectivity index (χ0v) is 10.2. The Morgan fingerprint density at radius 3 is 2.33 bits per heavy atom. The highest BCUT2D eigenvalue weighted by Crippen LogP contribution is 1.99. The van der Waals surface area contributed by atoms with E-state index in [1.807, 2.05) is 6.92 Å². The van der Waals surface area contributed by atoms with Crippen molar-refractivity contribution >= 4 is 0 Å². The van der Waals surface area contributed by atoms with E-state index in [1.165, 1.54) is 19.3 Å². The minimum Gasteiger partial charge on any atom is -0.381 e. The van der Waals surface area contributed by atoms with E-state index in [4.69, 9.17) is 14.6 Å². The monoisotopic (exact) mass is 218 g/mol. The maximum atomic E-state index is 9.09. The summed E-state index contributed by atoms with van der Waals surface area (Å²) >= 11 is 0. The van der Waals surface area contributed by atoms with Crippen molar-refractivity contribution in [3.05, 3.63) is 0 Å². The lowest BCUT2D eigenvalue weighted by Crippen LogP contribution is -2.12. The number of hydrogen-bond donors (Lipinski definition) is 1. The third kappa shape index (κ3) is 11.8. The number of hydrogen-bond acceptors (Lipinski definition) is 3. The second-order valence-corrected chi connectivity index (χ2v) is 3.76. The lowest BCUT2D eigenvalue weighted by Gasteiger charge is -2.09. The van der Waals surface area contributed by atoms with Crippen molar-refractivity contribution in [1.82, 2.24) is 0 Å².